The Bertz CT molecular complexity index is 838. The van der Waals surface area contributed by atoms with Crippen LogP contribution in [0.5, 0.6) is 0 Å². The van der Waals surface area contributed by atoms with E-state index in [4.69, 9.17) is 0 Å². The molecule has 0 aliphatic carbocycles. The molecule has 1 unspecified atom stereocenters. The summed E-state index contributed by atoms with van der Waals surface area (Å²) >= 11 is 1.58. The molecule has 0 spiro atoms. The van der Waals surface area contributed by atoms with E-state index in [0.717, 1.165) is 28.1 Å². The van der Waals surface area contributed by atoms with E-state index in [1.54, 1.807) is 17.5 Å². The summed E-state index contributed by atoms with van der Waals surface area (Å²) in [5.41, 5.74) is 0.753. The maximum absolute atomic E-state index is 11.3. The molecule has 2 N–H and O–H groups in total. The number of nitrogens with one attached hydrogen (secondary N) is 2. The second-order valence-electron chi connectivity index (χ2n) is 5.43. The van der Waals surface area contributed by atoms with Gasteiger partial charge in [0.1, 0.15) is 16.3 Å². The second-order valence-corrected chi connectivity index (χ2v) is 6.33. The Balaban J connectivity index is 1.70. The summed E-state index contributed by atoms with van der Waals surface area (Å²) in [5.74, 6) is 1.53. The highest BCUT2D eigenvalue weighted by Gasteiger charge is 2.20. The van der Waals surface area contributed by atoms with Crippen LogP contribution in [-0.4, -0.2) is 33.4 Å². The number of nitrogens with zero attached hydrogens (tertiary/aromatic N) is 3. The molecule has 116 valence electrons. The van der Waals surface area contributed by atoms with Crippen LogP contribution >= 0.6 is 11.3 Å². The van der Waals surface area contributed by atoms with E-state index < -0.39 is 0 Å². The van der Waals surface area contributed by atoms with E-state index >= 15 is 0 Å². The van der Waals surface area contributed by atoms with Gasteiger partial charge >= 0.3 is 0 Å². The maximum atomic E-state index is 11.3. The Labute approximate surface area is 137 Å². The van der Waals surface area contributed by atoms with Gasteiger partial charge < -0.3 is 10.6 Å². The number of rotatable bonds is 3. The Kier molecular flexibility index (Phi) is 3.63. The summed E-state index contributed by atoms with van der Waals surface area (Å²) in [6, 6.07) is 7.90. The van der Waals surface area contributed by atoms with E-state index in [1.165, 1.54) is 0 Å². The van der Waals surface area contributed by atoms with Gasteiger partial charge in [-0.25, -0.2) is 9.97 Å². The van der Waals surface area contributed by atoms with Gasteiger partial charge in [0, 0.05) is 25.2 Å². The molecular formula is C16H15N5OS. The van der Waals surface area contributed by atoms with Crippen molar-refractivity contribution in [3.8, 4) is 11.5 Å². The third-order valence-corrected chi connectivity index (χ3v) is 4.63. The number of amides is 1. The first-order chi connectivity index (χ1) is 11.3. The van der Waals surface area contributed by atoms with Crippen LogP contribution in [0.1, 0.15) is 12.8 Å². The van der Waals surface area contributed by atoms with Crippen LogP contribution in [0.3, 0.4) is 0 Å². The smallest absolute Gasteiger partial charge is 0.220 e. The minimum atomic E-state index is 0.112. The highest BCUT2D eigenvalue weighted by atomic mass is 32.1. The van der Waals surface area contributed by atoms with Gasteiger partial charge in [-0.1, -0.05) is 6.07 Å². The largest absolute Gasteiger partial charge is 0.365 e. The molecule has 1 saturated heterocycles. The highest BCUT2D eigenvalue weighted by Crippen LogP contribution is 2.28. The SMILES string of the molecule is O=C1CCC(Nc2nc(-c3ccccn3)nc3sccc23)CN1. The van der Waals surface area contributed by atoms with Crippen LogP contribution in [0.4, 0.5) is 5.82 Å². The average Bonchev–Trinajstić information content (AvgIpc) is 3.06. The van der Waals surface area contributed by atoms with Gasteiger partial charge in [0.2, 0.25) is 5.91 Å². The van der Waals surface area contributed by atoms with E-state index in [-0.39, 0.29) is 11.9 Å². The van der Waals surface area contributed by atoms with Crippen molar-refractivity contribution < 1.29 is 4.79 Å². The number of carbonyl (C=O) groups excluding carboxylic acids is 1. The van der Waals surface area contributed by atoms with Gasteiger partial charge in [0.15, 0.2) is 5.82 Å². The summed E-state index contributed by atoms with van der Waals surface area (Å²) in [6.07, 6.45) is 3.09. The average molecular weight is 325 g/mol. The van der Waals surface area contributed by atoms with Crippen LogP contribution in [0, 0.1) is 0 Å². The standard InChI is InChI=1S/C16H15N5OS/c22-13-5-4-10(9-18-13)19-14-11-6-8-23-16(11)21-15(20-14)12-3-1-2-7-17-12/h1-3,6-8,10H,4-5,9H2,(H,18,22)(H,19,20,21). The number of hydrogen-bond donors (Lipinski definition) is 2. The number of carbonyl (C=O) groups is 1. The van der Waals surface area contributed by atoms with E-state index in [2.05, 4.69) is 25.6 Å². The van der Waals surface area contributed by atoms with Crippen LogP contribution in [0.15, 0.2) is 35.8 Å². The first-order valence-electron chi connectivity index (χ1n) is 7.49. The van der Waals surface area contributed by atoms with Gasteiger partial charge in [0.25, 0.3) is 0 Å². The molecule has 0 aromatic carbocycles. The van der Waals surface area contributed by atoms with Crippen molar-refractivity contribution in [3.05, 3.63) is 35.8 Å². The van der Waals surface area contributed by atoms with Crippen molar-refractivity contribution >= 4 is 33.3 Å². The third-order valence-electron chi connectivity index (χ3n) is 3.83. The Morgan fingerprint density at radius 3 is 3.00 bits per heavy atom. The van der Waals surface area contributed by atoms with Crippen molar-refractivity contribution in [2.75, 3.05) is 11.9 Å². The summed E-state index contributed by atoms with van der Waals surface area (Å²) in [5, 5.41) is 9.36. The van der Waals surface area contributed by atoms with Crippen molar-refractivity contribution in [3.63, 3.8) is 0 Å². The molecular weight excluding hydrogens is 310 g/mol. The molecule has 1 fully saturated rings. The summed E-state index contributed by atoms with van der Waals surface area (Å²) < 4.78 is 0. The lowest BCUT2D eigenvalue weighted by atomic mass is 10.1. The molecule has 1 atom stereocenters. The zero-order valence-electron chi connectivity index (χ0n) is 12.3. The lowest BCUT2D eigenvalue weighted by Gasteiger charge is -2.24. The molecule has 1 aliphatic heterocycles. The number of fused-ring (bicyclic) bond motifs is 1. The van der Waals surface area contributed by atoms with Crippen LogP contribution in [0.25, 0.3) is 21.7 Å². The van der Waals surface area contributed by atoms with Crippen LogP contribution < -0.4 is 10.6 Å². The van der Waals surface area contributed by atoms with Crippen molar-refractivity contribution in [2.24, 2.45) is 0 Å². The quantitative estimate of drug-likeness (QED) is 0.773. The maximum Gasteiger partial charge on any atom is 0.220 e. The summed E-state index contributed by atoms with van der Waals surface area (Å²) in [7, 11) is 0. The molecule has 1 amide bonds. The molecule has 3 aromatic rings. The molecule has 0 saturated carbocycles. The molecule has 4 rings (SSSR count). The summed E-state index contributed by atoms with van der Waals surface area (Å²) in [6.45, 7) is 0.618. The number of thiophene rings is 1. The molecule has 6 nitrogen and oxygen atoms in total. The normalized spacial score (nSPS) is 17.9. The van der Waals surface area contributed by atoms with Crippen molar-refractivity contribution in [1.82, 2.24) is 20.3 Å². The van der Waals surface area contributed by atoms with Gasteiger partial charge in [-0.3, -0.25) is 9.78 Å². The number of aromatic nitrogens is 3. The predicted octanol–water partition coefficient (Wildman–Crippen LogP) is 2.44. The zero-order chi connectivity index (χ0) is 15.6. The number of hydrogen-bond acceptors (Lipinski definition) is 6. The first-order valence-corrected chi connectivity index (χ1v) is 8.37. The van der Waals surface area contributed by atoms with Gasteiger partial charge in [-0.05, 0) is 30.0 Å². The van der Waals surface area contributed by atoms with Crippen LogP contribution in [-0.2, 0) is 4.79 Å². The van der Waals surface area contributed by atoms with Gasteiger partial charge in [-0.15, -0.1) is 11.3 Å². The van der Waals surface area contributed by atoms with E-state index in [0.29, 0.717) is 18.8 Å². The summed E-state index contributed by atoms with van der Waals surface area (Å²) in [4.78, 5) is 25.8. The van der Waals surface area contributed by atoms with E-state index in [1.807, 2.05) is 29.6 Å². The van der Waals surface area contributed by atoms with Crippen LogP contribution in [0.2, 0.25) is 0 Å². The molecule has 23 heavy (non-hydrogen) atoms. The number of pyridine rings is 1. The van der Waals surface area contributed by atoms with Crippen molar-refractivity contribution in [1.29, 1.82) is 0 Å². The zero-order valence-corrected chi connectivity index (χ0v) is 13.1. The molecule has 4 heterocycles. The minimum Gasteiger partial charge on any atom is -0.365 e. The topological polar surface area (TPSA) is 79.8 Å². The fourth-order valence-corrected chi connectivity index (χ4v) is 3.39. The van der Waals surface area contributed by atoms with Gasteiger partial charge in [-0.2, -0.15) is 0 Å². The lowest BCUT2D eigenvalue weighted by Crippen LogP contribution is -2.42. The van der Waals surface area contributed by atoms with Gasteiger partial charge in [0.05, 0.1) is 5.39 Å². The minimum absolute atomic E-state index is 0.112. The lowest BCUT2D eigenvalue weighted by molar-refractivity contribution is -0.122. The van der Waals surface area contributed by atoms with E-state index in [9.17, 15) is 4.79 Å². The first kappa shape index (κ1) is 14.1. The fraction of sp³-hybridized carbons (Fsp3) is 0.250. The third kappa shape index (κ3) is 2.87. The highest BCUT2D eigenvalue weighted by molar-refractivity contribution is 7.16. The number of anilines is 1. The Morgan fingerprint density at radius 2 is 2.22 bits per heavy atom. The number of piperidine rings is 1. The molecule has 0 radical (unpaired) electrons. The van der Waals surface area contributed by atoms with Crippen molar-refractivity contribution in [2.45, 2.75) is 18.9 Å². The second kappa shape index (κ2) is 5.92. The Morgan fingerprint density at radius 1 is 1.26 bits per heavy atom. The predicted molar refractivity (Wildman–Crippen MR) is 90.3 cm³/mol. The monoisotopic (exact) mass is 325 g/mol. The molecule has 7 heteroatoms. The molecule has 0 bridgehead atoms. The molecule has 3 aromatic heterocycles. The fourth-order valence-electron chi connectivity index (χ4n) is 2.62. The Hall–Kier alpha value is -2.54. The molecule has 1 aliphatic rings.